The average molecular weight is 412 g/mol. The summed E-state index contributed by atoms with van der Waals surface area (Å²) in [5, 5.41) is 6.10. The van der Waals surface area contributed by atoms with Crippen molar-refractivity contribution >= 4 is 17.7 Å². The summed E-state index contributed by atoms with van der Waals surface area (Å²) >= 11 is 0. The van der Waals surface area contributed by atoms with Crippen LogP contribution < -0.4 is 34.3 Å². The van der Waals surface area contributed by atoms with Gasteiger partial charge in [0.1, 0.15) is 0 Å². The number of amides is 1. The minimum absolute atomic E-state index is 0.147. The van der Waals surface area contributed by atoms with Gasteiger partial charge in [-0.15, -0.1) is 0 Å². The summed E-state index contributed by atoms with van der Waals surface area (Å²) in [5.41, 5.74) is 3.67. The van der Waals surface area contributed by atoms with E-state index >= 15 is 0 Å². The first kappa shape index (κ1) is 19.9. The molecule has 2 heterocycles. The Balaban J connectivity index is 1.88. The molecule has 0 bridgehead atoms. The van der Waals surface area contributed by atoms with Crippen molar-refractivity contribution in [2.24, 2.45) is 0 Å². The van der Waals surface area contributed by atoms with E-state index in [0.29, 0.717) is 40.0 Å². The highest BCUT2D eigenvalue weighted by Gasteiger charge is 2.31. The fourth-order valence-electron chi connectivity index (χ4n) is 3.79. The Morgan fingerprint density at radius 2 is 1.93 bits per heavy atom. The Morgan fingerprint density at radius 1 is 1.13 bits per heavy atom. The number of benzene rings is 2. The van der Waals surface area contributed by atoms with E-state index in [1.165, 1.54) is 7.11 Å². The second-order valence-electron chi connectivity index (χ2n) is 6.81. The van der Waals surface area contributed by atoms with E-state index in [-0.39, 0.29) is 12.7 Å². The monoisotopic (exact) mass is 412 g/mol. The first-order valence-corrected chi connectivity index (χ1v) is 9.55. The van der Waals surface area contributed by atoms with E-state index < -0.39 is 0 Å². The van der Waals surface area contributed by atoms with Gasteiger partial charge in [0.15, 0.2) is 23.0 Å². The van der Waals surface area contributed by atoms with E-state index in [0.717, 1.165) is 29.7 Å². The molecule has 0 fully saturated rings. The van der Waals surface area contributed by atoms with E-state index in [9.17, 15) is 4.79 Å². The Hall–Kier alpha value is -3.39. The van der Waals surface area contributed by atoms with Gasteiger partial charge in [-0.05, 0) is 49.9 Å². The molecule has 0 spiro atoms. The summed E-state index contributed by atoms with van der Waals surface area (Å²) in [7, 11) is 6.55. The Bertz CT molecular complexity index is 1030. The topological polar surface area (TPSA) is 87.3 Å². The third kappa shape index (κ3) is 3.19. The lowest BCUT2D eigenvalue weighted by Crippen LogP contribution is -2.14. The Kier molecular flexibility index (Phi) is 5.41. The molecule has 30 heavy (non-hydrogen) atoms. The summed E-state index contributed by atoms with van der Waals surface area (Å²) < 4.78 is 27.7. The van der Waals surface area contributed by atoms with Crippen molar-refractivity contribution in [3.8, 4) is 28.7 Å². The Morgan fingerprint density at radius 3 is 2.63 bits per heavy atom. The van der Waals surface area contributed by atoms with E-state index in [2.05, 4.69) is 10.6 Å². The smallest absolute Gasteiger partial charge is 0.260 e. The van der Waals surface area contributed by atoms with Gasteiger partial charge in [-0.3, -0.25) is 4.79 Å². The fraction of sp³-hybridized carbons (Fsp3) is 0.318. The van der Waals surface area contributed by atoms with Gasteiger partial charge in [-0.25, -0.2) is 0 Å². The lowest BCUT2D eigenvalue weighted by molar-refractivity contribution is 0.0977. The van der Waals surface area contributed by atoms with Crippen LogP contribution in [0.15, 0.2) is 18.2 Å². The van der Waals surface area contributed by atoms with Crippen LogP contribution >= 0.6 is 0 Å². The molecule has 1 amide bonds. The zero-order valence-corrected chi connectivity index (χ0v) is 17.4. The van der Waals surface area contributed by atoms with Crippen molar-refractivity contribution in [3.63, 3.8) is 0 Å². The number of nitrogens with one attached hydrogen (secondary N) is 2. The molecule has 2 N–H and O–H groups in total. The van der Waals surface area contributed by atoms with Gasteiger partial charge in [-0.1, -0.05) is 0 Å². The fourth-order valence-corrected chi connectivity index (χ4v) is 3.79. The molecule has 0 unspecified atom stereocenters. The van der Waals surface area contributed by atoms with E-state index in [1.54, 1.807) is 20.3 Å². The number of carbonyl (C=O) groups excluding carboxylic acids is 1. The first-order chi connectivity index (χ1) is 14.6. The molecule has 8 heteroatoms. The van der Waals surface area contributed by atoms with Crippen molar-refractivity contribution in [1.82, 2.24) is 10.6 Å². The first-order valence-electron chi connectivity index (χ1n) is 9.55. The molecule has 0 radical (unpaired) electrons. The maximum atomic E-state index is 12.7. The van der Waals surface area contributed by atoms with Crippen LogP contribution in [0, 0.1) is 0 Å². The summed E-state index contributed by atoms with van der Waals surface area (Å²) in [5.74, 6) is 2.46. The van der Waals surface area contributed by atoms with Gasteiger partial charge in [-0.2, -0.15) is 0 Å². The van der Waals surface area contributed by atoms with Crippen LogP contribution in [0.4, 0.5) is 0 Å². The minimum Gasteiger partial charge on any atom is -0.493 e. The molecule has 0 saturated carbocycles. The van der Waals surface area contributed by atoms with Crippen molar-refractivity contribution in [3.05, 3.63) is 40.5 Å². The molecule has 8 nitrogen and oxygen atoms in total. The maximum absolute atomic E-state index is 12.7. The number of likely N-dealkylation sites (N-methyl/N-ethyl adjacent to an activating group) is 1. The van der Waals surface area contributed by atoms with Crippen LogP contribution in [-0.4, -0.2) is 47.6 Å². The zero-order chi connectivity index (χ0) is 21.3. The van der Waals surface area contributed by atoms with Crippen LogP contribution in [0.25, 0.3) is 11.8 Å². The summed E-state index contributed by atoms with van der Waals surface area (Å²) in [4.78, 5) is 12.7. The highest BCUT2D eigenvalue weighted by molar-refractivity contribution is 6.14. The highest BCUT2D eigenvalue weighted by Crippen LogP contribution is 2.47. The largest absolute Gasteiger partial charge is 0.493 e. The number of rotatable bonds is 7. The normalized spacial score (nSPS) is 15.2. The number of methoxy groups -OCH3 is 3. The quantitative estimate of drug-likeness (QED) is 0.722. The highest BCUT2D eigenvalue weighted by atomic mass is 16.7. The van der Waals surface area contributed by atoms with Gasteiger partial charge in [0.05, 0.1) is 26.9 Å². The van der Waals surface area contributed by atoms with E-state index in [1.807, 2.05) is 25.3 Å². The molecule has 2 aliphatic heterocycles. The van der Waals surface area contributed by atoms with Crippen LogP contribution in [-0.2, 0) is 6.42 Å². The number of carbonyl (C=O) groups is 1. The Labute approximate surface area is 174 Å². The second kappa shape index (κ2) is 8.16. The average Bonchev–Trinajstić information content (AvgIpc) is 3.35. The zero-order valence-electron chi connectivity index (χ0n) is 17.4. The second-order valence-corrected chi connectivity index (χ2v) is 6.81. The predicted molar refractivity (Wildman–Crippen MR) is 112 cm³/mol. The number of fused-ring (bicyclic) bond motifs is 2. The summed E-state index contributed by atoms with van der Waals surface area (Å²) in [6.45, 7) is 0.917. The number of hydrogen-bond donors (Lipinski definition) is 2. The van der Waals surface area contributed by atoms with Crippen molar-refractivity contribution in [1.29, 1.82) is 0 Å². The molecule has 2 aromatic carbocycles. The summed E-state index contributed by atoms with van der Waals surface area (Å²) in [6, 6.07) is 5.58. The molecule has 0 atom stereocenters. The van der Waals surface area contributed by atoms with Gasteiger partial charge in [0.25, 0.3) is 5.91 Å². The standard InChI is InChI=1S/C22H24N2O6/c1-23-8-7-12-9-17-21(30-11-29-17)19(27-3)14(12)10-15-13-5-6-16(26-2)20(28-4)18(13)22(25)24-15/h5-6,9-10,23H,7-8,11H2,1-4H3,(H,24,25)/b15-10-. The SMILES string of the molecule is CNCCc1cc2c(c(OC)c1/C=C1\NC(=O)c3c1ccc(OC)c3OC)OCO2. The molecule has 158 valence electrons. The summed E-state index contributed by atoms with van der Waals surface area (Å²) in [6.07, 6.45) is 2.65. The van der Waals surface area contributed by atoms with Crippen molar-refractivity contribution in [2.45, 2.75) is 6.42 Å². The third-order valence-electron chi connectivity index (χ3n) is 5.19. The molecule has 0 aromatic heterocycles. The minimum atomic E-state index is -0.247. The third-order valence-corrected chi connectivity index (χ3v) is 5.19. The molecule has 2 aliphatic rings. The van der Waals surface area contributed by atoms with Crippen LogP contribution in [0.3, 0.4) is 0 Å². The number of ether oxygens (including phenoxy) is 5. The molecular weight excluding hydrogens is 388 g/mol. The van der Waals surface area contributed by atoms with Gasteiger partial charge in [0, 0.05) is 16.8 Å². The van der Waals surface area contributed by atoms with Crippen molar-refractivity contribution < 1.29 is 28.5 Å². The van der Waals surface area contributed by atoms with Crippen LogP contribution in [0.5, 0.6) is 28.7 Å². The number of hydrogen-bond acceptors (Lipinski definition) is 7. The molecular formula is C22H24N2O6. The molecule has 0 saturated heterocycles. The van der Waals surface area contributed by atoms with Gasteiger partial charge in [0.2, 0.25) is 12.5 Å². The molecule has 2 aromatic rings. The van der Waals surface area contributed by atoms with Gasteiger partial charge < -0.3 is 34.3 Å². The maximum Gasteiger partial charge on any atom is 0.260 e. The van der Waals surface area contributed by atoms with E-state index in [4.69, 9.17) is 23.7 Å². The van der Waals surface area contributed by atoms with Crippen molar-refractivity contribution in [2.75, 3.05) is 41.7 Å². The predicted octanol–water partition coefficient (Wildman–Crippen LogP) is 2.44. The lowest BCUT2D eigenvalue weighted by atomic mass is 9.98. The van der Waals surface area contributed by atoms with Gasteiger partial charge >= 0.3 is 0 Å². The van der Waals surface area contributed by atoms with Crippen LogP contribution in [0.1, 0.15) is 27.0 Å². The van der Waals surface area contributed by atoms with Crippen LogP contribution in [0.2, 0.25) is 0 Å². The molecule has 4 rings (SSSR count). The lowest BCUT2D eigenvalue weighted by Gasteiger charge is -2.15. The molecule has 0 aliphatic carbocycles.